The highest BCUT2D eigenvalue weighted by Crippen LogP contribution is 2.16. The van der Waals surface area contributed by atoms with E-state index in [0.29, 0.717) is 25.4 Å². The van der Waals surface area contributed by atoms with Crippen LogP contribution >= 0.6 is 0 Å². The molecule has 4 N–H and O–H groups in total. The lowest BCUT2D eigenvalue weighted by Crippen LogP contribution is -2.56. The number of carbonyl (C=O) groups excluding carboxylic acids is 2. The fraction of sp³-hybridized carbons (Fsp3) is 0.350. The molecule has 1 saturated heterocycles. The lowest BCUT2D eigenvalue weighted by Gasteiger charge is -2.33. The fourth-order valence-electron chi connectivity index (χ4n) is 3.08. The zero-order chi connectivity index (χ0) is 19.8. The van der Waals surface area contributed by atoms with Crippen LogP contribution in [0.4, 0.5) is 0 Å². The third kappa shape index (κ3) is 6.04. The Morgan fingerprint density at radius 1 is 1.29 bits per heavy atom. The van der Waals surface area contributed by atoms with E-state index < -0.39 is 5.91 Å². The molecule has 0 radical (unpaired) electrons. The predicted octanol–water partition coefficient (Wildman–Crippen LogP) is 0.0359. The Bertz CT molecular complexity index is 799. The van der Waals surface area contributed by atoms with Crippen LogP contribution < -0.4 is 21.1 Å². The number of piperazine rings is 1. The second-order valence-electron chi connectivity index (χ2n) is 6.68. The molecule has 2 aromatic rings. The molecule has 0 bridgehead atoms. The summed E-state index contributed by atoms with van der Waals surface area (Å²) in [5.41, 5.74) is 6.99. The molecule has 3 rings (SSSR count). The summed E-state index contributed by atoms with van der Waals surface area (Å²) in [6.07, 6.45) is 1.71. The Labute approximate surface area is 164 Å². The zero-order valence-electron chi connectivity index (χ0n) is 15.6. The molecule has 1 aliphatic rings. The number of benzene rings is 1. The first kappa shape index (κ1) is 19.8. The number of rotatable bonds is 8. The standard InChI is InChI=1S/C20H25N5O3/c21-19(26)14-28-17-6-3-4-15(10-17)12-25-9-8-23-18(13-25)20(27)24-11-16-5-1-2-7-22-16/h1-7,10,18,23H,8-9,11-14H2,(H2,21,26)(H,24,27)/t18-/m0/s1. The van der Waals surface area contributed by atoms with Crippen LogP contribution in [0.25, 0.3) is 0 Å². The van der Waals surface area contributed by atoms with E-state index in [1.54, 1.807) is 12.3 Å². The summed E-state index contributed by atoms with van der Waals surface area (Å²) in [4.78, 5) is 29.8. The second-order valence-corrected chi connectivity index (χ2v) is 6.68. The lowest BCUT2D eigenvalue weighted by molar-refractivity contribution is -0.124. The summed E-state index contributed by atoms with van der Waals surface area (Å²) in [5, 5.41) is 6.20. The van der Waals surface area contributed by atoms with Gasteiger partial charge in [-0.3, -0.25) is 19.5 Å². The van der Waals surface area contributed by atoms with Crippen molar-refractivity contribution in [3.05, 3.63) is 59.9 Å². The van der Waals surface area contributed by atoms with Gasteiger partial charge in [0.15, 0.2) is 6.61 Å². The molecule has 1 fully saturated rings. The van der Waals surface area contributed by atoms with Crippen LogP contribution in [0.5, 0.6) is 5.75 Å². The minimum absolute atomic E-state index is 0.0334. The SMILES string of the molecule is NC(=O)COc1cccc(CN2CCN[C@H](C(=O)NCc3ccccn3)C2)c1. The number of nitrogens with one attached hydrogen (secondary N) is 2. The van der Waals surface area contributed by atoms with Crippen LogP contribution in [-0.4, -0.2) is 54.0 Å². The topological polar surface area (TPSA) is 110 Å². The van der Waals surface area contributed by atoms with Gasteiger partial charge in [-0.05, 0) is 29.8 Å². The highest BCUT2D eigenvalue weighted by Gasteiger charge is 2.25. The number of amides is 2. The molecule has 0 spiro atoms. The summed E-state index contributed by atoms with van der Waals surface area (Å²) < 4.78 is 5.36. The van der Waals surface area contributed by atoms with Crippen molar-refractivity contribution in [3.8, 4) is 5.75 Å². The van der Waals surface area contributed by atoms with Crippen LogP contribution in [0.1, 0.15) is 11.3 Å². The maximum atomic E-state index is 12.5. The molecule has 1 aliphatic heterocycles. The molecular weight excluding hydrogens is 358 g/mol. The fourth-order valence-corrected chi connectivity index (χ4v) is 3.08. The summed E-state index contributed by atoms with van der Waals surface area (Å²) in [5.74, 6) is 0.0667. The summed E-state index contributed by atoms with van der Waals surface area (Å²) in [6.45, 7) is 3.16. The van der Waals surface area contributed by atoms with Gasteiger partial charge in [-0.25, -0.2) is 0 Å². The van der Waals surface area contributed by atoms with Crippen molar-refractivity contribution in [2.45, 2.75) is 19.1 Å². The smallest absolute Gasteiger partial charge is 0.255 e. The number of carbonyl (C=O) groups is 2. The maximum Gasteiger partial charge on any atom is 0.255 e. The van der Waals surface area contributed by atoms with Crippen LogP contribution in [0.15, 0.2) is 48.7 Å². The number of primary amides is 1. The van der Waals surface area contributed by atoms with E-state index in [0.717, 1.165) is 24.3 Å². The molecule has 8 heteroatoms. The first-order valence-corrected chi connectivity index (χ1v) is 9.23. The van der Waals surface area contributed by atoms with Gasteiger partial charge >= 0.3 is 0 Å². The number of ether oxygens (including phenoxy) is 1. The number of hydrogen-bond donors (Lipinski definition) is 3. The lowest BCUT2D eigenvalue weighted by atomic mass is 10.1. The van der Waals surface area contributed by atoms with E-state index in [2.05, 4.69) is 20.5 Å². The van der Waals surface area contributed by atoms with Crippen molar-refractivity contribution in [2.24, 2.45) is 5.73 Å². The maximum absolute atomic E-state index is 12.5. The molecule has 2 amide bonds. The van der Waals surface area contributed by atoms with Crippen molar-refractivity contribution in [3.63, 3.8) is 0 Å². The van der Waals surface area contributed by atoms with Crippen molar-refractivity contribution < 1.29 is 14.3 Å². The van der Waals surface area contributed by atoms with Crippen molar-refractivity contribution >= 4 is 11.8 Å². The van der Waals surface area contributed by atoms with Gasteiger partial charge in [-0.1, -0.05) is 18.2 Å². The molecular formula is C20H25N5O3. The van der Waals surface area contributed by atoms with Gasteiger partial charge in [0.05, 0.1) is 18.3 Å². The summed E-state index contributed by atoms with van der Waals surface area (Å²) in [6, 6.07) is 12.9. The van der Waals surface area contributed by atoms with Gasteiger partial charge < -0.3 is 21.1 Å². The van der Waals surface area contributed by atoms with Crippen LogP contribution in [0.2, 0.25) is 0 Å². The monoisotopic (exact) mass is 383 g/mol. The first-order valence-electron chi connectivity index (χ1n) is 9.23. The predicted molar refractivity (Wildman–Crippen MR) is 104 cm³/mol. The largest absolute Gasteiger partial charge is 0.484 e. The van der Waals surface area contributed by atoms with Gasteiger partial charge in [0.2, 0.25) is 5.91 Å². The number of aromatic nitrogens is 1. The minimum atomic E-state index is -0.507. The summed E-state index contributed by atoms with van der Waals surface area (Å²) >= 11 is 0. The Morgan fingerprint density at radius 2 is 2.18 bits per heavy atom. The van der Waals surface area contributed by atoms with Gasteiger partial charge in [0.25, 0.3) is 5.91 Å². The normalized spacial score (nSPS) is 17.1. The third-order valence-electron chi connectivity index (χ3n) is 4.43. The third-order valence-corrected chi connectivity index (χ3v) is 4.43. The average Bonchev–Trinajstić information content (AvgIpc) is 2.72. The highest BCUT2D eigenvalue weighted by molar-refractivity contribution is 5.82. The Morgan fingerprint density at radius 3 is 2.96 bits per heavy atom. The molecule has 0 aliphatic carbocycles. The van der Waals surface area contributed by atoms with E-state index in [1.165, 1.54) is 0 Å². The molecule has 1 aromatic carbocycles. The molecule has 0 saturated carbocycles. The molecule has 0 unspecified atom stereocenters. The second kappa shape index (κ2) is 9.82. The van der Waals surface area contributed by atoms with Gasteiger partial charge in [-0.15, -0.1) is 0 Å². The summed E-state index contributed by atoms with van der Waals surface area (Å²) in [7, 11) is 0. The van der Waals surface area contributed by atoms with Gasteiger partial charge in [0.1, 0.15) is 5.75 Å². The van der Waals surface area contributed by atoms with Gasteiger partial charge in [-0.2, -0.15) is 0 Å². The van der Waals surface area contributed by atoms with Crippen molar-refractivity contribution in [2.75, 3.05) is 26.2 Å². The average molecular weight is 383 g/mol. The van der Waals surface area contributed by atoms with E-state index in [-0.39, 0.29) is 18.6 Å². The van der Waals surface area contributed by atoms with E-state index in [4.69, 9.17) is 10.5 Å². The number of pyridine rings is 1. The molecule has 8 nitrogen and oxygen atoms in total. The van der Waals surface area contributed by atoms with Crippen LogP contribution in [0, 0.1) is 0 Å². The molecule has 2 heterocycles. The van der Waals surface area contributed by atoms with E-state index >= 15 is 0 Å². The van der Waals surface area contributed by atoms with Gasteiger partial charge in [0, 0.05) is 32.4 Å². The van der Waals surface area contributed by atoms with Crippen molar-refractivity contribution in [1.29, 1.82) is 0 Å². The van der Waals surface area contributed by atoms with Crippen LogP contribution in [0.3, 0.4) is 0 Å². The number of nitrogens with two attached hydrogens (primary N) is 1. The molecule has 1 atom stereocenters. The van der Waals surface area contributed by atoms with E-state index in [1.807, 2.05) is 36.4 Å². The first-order chi connectivity index (χ1) is 13.6. The minimum Gasteiger partial charge on any atom is -0.484 e. The Balaban J connectivity index is 1.51. The van der Waals surface area contributed by atoms with E-state index in [9.17, 15) is 9.59 Å². The van der Waals surface area contributed by atoms with Crippen molar-refractivity contribution in [1.82, 2.24) is 20.5 Å². The zero-order valence-corrected chi connectivity index (χ0v) is 15.6. The Kier molecular flexibility index (Phi) is 6.94. The number of hydrogen-bond acceptors (Lipinski definition) is 6. The molecule has 148 valence electrons. The Hall–Kier alpha value is -2.97. The highest BCUT2D eigenvalue weighted by atomic mass is 16.5. The quantitative estimate of drug-likeness (QED) is 0.594. The molecule has 28 heavy (non-hydrogen) atoms. The number of nitrogens with zero attached hydrogens (tertiary/aromatic N) is 2. The molecule has 1 aromatic heterocycles. The van der Waals surface area contributed by atoms with Crippen LogP contribution in [-0.2, 0) is 22.7 Å².